The van der Waals surface area contributed by atoms with E-state index in [-0.39, 0.29) is 24.0 Å². The molecule has 0 spiro atoms. The molecule has 4 heteroatoms. The van der Waals surface area contributed by atoms with Crippen LogP contribution in [-0.4, -0.2) is 16.4 Å². The van der Waals surface area contributed by atoms with Gasteiger partial charge < -0.3 is 0 Å². The number of thioether (sulfide) groups is 2. The van der Waals surface area contributed by atoms with E-state index >= 15 is 0 Å². The van der Waals surface area contributed by atoms with Crippen LogP contribution in [-0.2, 0) is 0 Å². The van der Waals surface area contributed by atoms with Crippen LogP contribution < -0.4 is 0 Å². The highest BCUT2D eigenvalue weighted by Gasteiger charge is 1.90. The molecule has 0 atom stereocenters. The molecule has 0 saturated carbocycles. The molecule has 0 nitrogen and oxygen atoms in total. The molecule has 0 unspecified atom stereocenters. The Hall–Kier alpha value is 1.78. The Morgan fingerprint density at radius 2 is 1.57 bits per heavy atom. The normalized spacial score (nSPS) is 8.57. The van der Waals surface area contributed by atoms with Gasteiger partial charge in [-0.2, -0.15) is 12.6 Å². The van der Waals surface area contributed by atoms with Crippen molar-refractivity contribution in [3.8, 4) is 0 Å². The lowest BCUT2D eigenvalue weighted by Crippen LogP contribution is -1.76. The SMILES string of the molecule is CSC(S)SC.I. The average Bonchev–Trinajstić information content (AvgIpc) is 1.65. The zero-order valence-corrected chi connectivity index (χ0v) is 9.11. The lowest BCUT2D eigenvalue weighted by Gasteiger charge is -1.97. The van der Waals surface area contributed by atoms with Crippen molar-refractivity contribution in [2.75, 3.05) is 12.5 Å². The monoisotopic (exact) mass is 268 g/mol. The Kier molecular flexibility index (Phi) is 12.8. The summed E-state index contributed by atoms with van der Waals surface area (Å²) in [6.07, 6.45) is 4.10. The van der Waals surface area contributed by atoms with Crippen LogP contribution >= 0.6 is 60.1 Å². The molecular weight excluding hydrogens is 259 g/mol. The predicted octanol–water partition coefficient (Wildman–Crippen LogP) is 2.54. The van der Waals surface area contributed by atoms with Crippen LogP contribution in [0, 0.1) is 0 Å². The van der Waals surface area contributed by atoms with Gasteiger partial charge in [-0.15, -0.1) is 47.5 Å². The lowest BCUT2D eigenvalue weighted by molar-refractivity contribution is 2.06. The van der Waals surface area contributed by atoms with Gasteiger partial charge in [0, 0.05) is 0 Å². The zero-order chi connectivity index (χ0) is 4.99. The van der Waals surface area contributed by atoms with Gasteiger partial charge >= 0.3 is 0 Å². The van der Waals surface area contributed by atoms with Crippen molar-refractivity contribution in [2.24, 2.45) is 0 Å². The summed E-state index contributed by atoms with van der Waals surface area (Å²) < 4.78 is 0.463. The largest absolute Gasteiger partial charge is 0.154 e. The maximum Gasteiger partial charge on any atom is 0.0922 e. The molecule has 0 aliphatic heterocycles. The number of thiol groups is 1. The first-order valence-electron chi connectivity index (χ1n) is 1.55. The van der Waals surface area contributed by atoms with Crippen LogP contribution in [0.5, 0.6) is 0 Å². The predicted molar refractivity (Wildman–Crippen MR) is 55.2 cm³/mol. The smallest absolute Gasteiger partial charge is 0.0922 e. The van der Waals surface area contributed by atoms with Gasteiger partial charge in [-0.3, -0.25) is 0 Å². The molecule has 0 bridgehead atoms. The van der Waals surface area contributed by atoms with E-state index in [1.807, 2.05) is 12.5 Å². The van der Waals surface area contributed by atoms with E-state index in [2.05, 4.69) is 12.6 Å². The molecule has 46 valence electrons. The van der Waals surface area contributed by atoms with Crippen molar-refractivity contribution in [2.45, 2.75) is 3.91 Å². The summed E-state index contributed by atoms with van der Waals surface area (Å²) in [7, 11) is 0. The maximum atomic E-state index is 4.16. The molecule has 0 aromatic rings. The summed E-state index contributed by atoms with van der Waals surface area (Å²) in [6.45, 7) is 0. The third-order valence-corrected chi connectivity index (χ3v) is 3.63. The van der Waals surface area contributed by atoms with Gasteiger partial charge in [-0.25, -0.2) is 0 Å². The van der Waals surface area contributed by atoms with Crippen molar-refractivity contribution < 1.29 is 0 Å². The molecule has 0 rings (SSSR count). The summed E-state index contributed by atoms with van der Waals surface area (Å²) in [6, 6.07) is 0. The van der Waals surface area contributed by atoms with E-state index < -0.39 is 0 Å². The molecule has 0 aromatic heterocycles. The third-order valence-electron chi connectivity index (χ3n) is 0.403. The Labute approximate surface area is 76.0 Å². The van der Waals surface area contributed by atoms with E-state index in [0.717, 1.165) is 0 Å². The van der Waals surface area contributed by atoms with E-state index in [4.69, 9.17) is 0 Å². The quantitative estimate of drug-likeness (QED) is 0.464. The van der Waals surface area contributed by atoms with E-state index in [1.54, 1.807) is 23.5 Å². The van der Waals surface area contributed by atoms with Gasteiger partial charge in [0.05, 0.1) is 3.91 Å². The average molecular weight is 268 g/mol. The molecule has 7 heavy (non-hydrogen) atoms. The third kappa shape index (κ3) is 7.78. The van der Waals surface area contributed by atoms with Crippen molar-refractivity contribution in [1.29, 1.82) is 0 Å². The molecule has 0 aromatic carbocycles. The van der Waals surface area contributed by atoms with Crippen LogP contribution in [0.2, 0.25) is 0 Å². The summed E-state index contributed by atoms with van der Waals surface area (Å²) >= 11 is 7.66. The van der Waals surface area contributed by atoms with Gasteiger partial charge in [-0.1, -0.05) is 0 Å². The molecule has 0 N–H and O–H groups in total. The highest BCUT2D eigenvalue weighted by atomic mass is 127. The van der Waals surface area contributed by atoms with Crippen molar-refractivity contribution >= 4 is 60.1 Å². The topological polar surface area (TPSA) is 0 Å². The second-order valence-electron chi connectivity index (χ2n) is 0.778. The Balaban J connectivity index is 0. The van der Waals surface area contributed by atoms with Crippen LogP contribution in [0.3, 0.4) is 0 Å². The highest BCUT2D eigenvalue weighted by Crippen LogP contribution is 2.20. The molecule has 0 aliphatic carbocycles. The van der Waals surface area contributed by atoms with Crippen LogP contribution in [0.25, 0.3) is 0 Å². The second-order valence-corrected chi connectivity index (χ2v) is 4.18. The summed E-state index contributed by atoms with van der Waals surface area (Å²) in [5.74, 6) is 0. The molecule has 0 amide bonds. The molecule has 0 aliphatic rings. The van der Waals surface area contributed by atoms with Crippen LogP contribution in [0.4, 0.5) is 0 Å². The molecule has 0 radical (unpaired) electrons. The number of halogens is 1. The minimum atomic E-state index is 0. The molecular formula is C3H9IS3. The molecule has 0 fully saturated rings. The lowest BCUT2D eigenvalue weighted by atomic mass is 11.8. The van der Waals surface area contributed by atoms with Crippen molar-refractivity contribution in [3.63, 3.8) is 0 Å². The second kappa shape index (κ2) is 7.78. The first-order chi connectivity index (χ1) is 2.81. The summed E-state index contributed by atoms with van der Waals surface area (Å²) in [4.78, 5) is 0. The minimum Gasteiger partial charge on any atom is -0.154 e. The van der Waals surface area contributed by atoms with Gasteiger partial charge in [0.25, 0.3) is 0 Å². The van der Waals surface area contributed by atoms with Crippen molar-refractivity contribution in [1.82, 2.24) is 0 Å². The Morgan fingerprint density at radius 3 is 1.57 bits per heavy atom. The standard InChI is InChI=1S/C3H8S3.HI/c1-5-3(4)6-2;/h3-4H,1-2H3;1H. The summed E-state index contributed by atoms with van der Waals surface area (Å²) in [5, 5.41) is 0. The number of hydrogen-bond donors (Lipinski definition) is 1. The minimum absolute atomic E-state index is 0. The first kappa shape index (κ1) is 11.6. The maximum absolute atomic E-state index is 4.16. The van der Waals surface area contributed by atoms with E-state index in [0.29, 0.717) is 3.91 Å². The van der Waals surface area contributed by atoms with Gasteiger partial charge in [0.15, 0.2) is 0 Å². The Morgan fingerprint density at radius 1 is 1.29 bits per heavy atom. The van der Waals surface area contributed by atoms with Gasteiger partial charge in [-0.05, 0) is 12.5 Å². The van der Waals surface area contributed by atoms with Gasteiger partial charge in [0.2, 0.25) is 0 Å². The fourth-order valence-electron chi connectivity index (χ4n) is 0.0962. The highest BCUT2D eigenvalue weighted by molar-refractivity contribution is 14.0. The number of hydrogen-bond acceptors (Lipinski definition) is 3. The number of rotatable bonds is 2. The van der Waals surface area contributed by atoms with E-state index in [1.165, 1.54) is 0 Å². The van der Waals surface area contributed by atoms with E-state index in [9.17, 15) is 0 Å². The van der Waals surface area contributed by atoms with Crippen molar-refractivity contribution in [3.05, 3.63) is 0 Å². The van der Waals surface area contributed by atoms with Gasteiger partial charge in [0.1, 0.15) is 0 Å². The fourth-order valence-corrected chi connectivity index (χ4v) is 0.866. The first-order valence-corrected chi connectivity index (χ1v) is 4.64. The van der Waals surface area contributed by atoms with Crippen LogP contribution in [0.15, 0.2) is 0 Å². The molecule has 0 heterocycles. The summed E-state index contributed by atoms with van der Waals surface area (Å²) in [5.41, 5.74) is 0. The fraction of sp³-hybridized carbons (Fsp3) is 1.00. The zero-order valence-electron chi connectivity index (χ0n) is 4.25. The van der Waals surface area contributed by atoms with Crippen LogP contribution in [0.1, 0.15) is 0 Å². The Bertz CT molecular complexity index is 29.4. The molecule has 0 saturated heterocycles.